The van der Waals surface area contributed by atoms with Crippen molar-refractivity contribution in [1.29, 1.82) is 0 Å². The van der Waals surface area contributed by atoms with Crippen molar-refractivity contribution in [2.45, 2.75) is 50.9 Å². The molecule has 0 radical (unpaired) electrons. The van der Waals surface area contributed by atoms with Gasteiger partial charge in [0.05, 0.1) is 13.1 Å². The molecule has 1 unspecified atom stereocenters. The minimum absolute atomic E-state index is 0.0502. The predicted octanol–water partition coefficient (Wildman–Crippen LogP) is -0.887. The van der Waals surface area contributed by atoms with Crippen molar-refractivity contribution in [2.75, 3.05) is 38.5 Å². The number of carbonyl (C=O) groups is 6. The van der Waals surface area contributed by atoms with Crippen LogP contribution in [0.25, 0.3) is 0 Å². The van der Waals surface area contributed by atoms with Gasteiger partial charge in [-0.25, -0.2) is 9.59 Å². The monoisotopic (exact) mass is 686 g/mol. The van der Waals surface area contributed by atoms with Gasteiger partial charge in [0, 0.05) is 50.9 Å². The fourth-order valence-corrected chi connectivity index (χ4v) is 4.64. The Morgan fingerprint density at radius 1 is 0.771 bits per heavy atom. The summed E-state index contributed by atoms with van der Waals surface area (Å²) in [6, 6.07) is 9.26. The average molecular weight is 687 g/mol. The van der Waals surface area contributed by atoms with Gasteiger partial charge in [-0.05, 0) is 42.9 Å². The summed E-state index contributed by atoms with van der Waals surface area (Å²) in [7, 11) is 0. The lowest BCUT2D eigenvalue weighted by atomic mass is 10.1. The zero-order valence-corrected chi connectivity index (χ0v) is 27.7. The number of nitrogens with two attached hydrogens (primary N) is 2. The first-order valence-electron chi connectivity index (χ1n) is 15.5. The van der Waals surface area contributed by atoms with Crippen LogP contribution >= 0.6 is 12.6 Å². The van der Waals surface area contributed by atoms with Gasteiger partial charge in [0.1, 0.15) is 12.1 Å². The van der Waals surface area contributed by atoms with Crippen molar-refractivity contribution >= 4 is 48.3 Å². The van der Waals surface area contributed by atoms with Crippen LogP contribution in [0.5, 0.6) is 0 Å². The molecule has 0 aliphatic rings. The number of nitrogens with one attached hydrogen (secondary N) is 6. The minimum Gasteiger partial charge on any atom is -0.353 e. The molecule has 2 aromatic rings. The average Bonchev–Trinajstić information content (AvgIpc) is 3.06. The Balaban J connectivity index is 2.15. The molecule has 17 heteroatoms. The maximum absolute atomic E-state index is 13.5. The molecule has 0 aliphatic carbocycles. The van der Waals surface area contributed by atoms with E-state index in [-0.39, 0.29) is 64.4 Å². The fourth-order valence-electron chi connectivity index (χ4n) is 4.53. The van der Waals surface area contributed by atoms with E-state index in [1.165, 1.54) is 4.90 Å². The van der Waals surface area contributed by atoms with E-state index in [9.17, 15) is 28.8 Å². The van der Waals surface area contributed by atoms with Crippen molar-refractivity contribution in [2.24, 2.45) is 11.5 Å². The molecule has 1 aromatic carbocycles. The number of carbonyl (C=O) groups excluding carboxylic acids is 6. The first kappa shape index (κ1) is 39.3. The highest BCUT2D eigenvalue weighted by molar-refractivity contribution is 7.80. The van der Waals surface area contributed by atoms with Gasteiger partial charge in [-0.1, -0.05) is 36.4 Å². The van der Waals surface area contributed by atoms with Crippen LogP contribution in [0, 0.1) is 0 Å². The summed E-state index contributed by atoms with van der Waals surface area (Å²) in [5, 5.41) is 16.0. The first-order chi connectivity index (χ1) is 23.1. The van der Waals surface area contributed by atoms with E-state index in [4.69, 9.17) is 11.5 Å². The highest BCUT2D eigenvalue weighted by Gasteiger charge is 2.27. The lowest BCUT2D eigenvalue weighted by Crippen LogP contribution is -2.55. The maximum atomic E-state index is 13.5. The molecule has 48 heavy (non-hydrogen) atoms. The molecule has 1 heterocycles. The van der Waals surface area contributed by atoms with Gasteiger partial charge < -0.3 is 48.3 Å². The Bertz CT molecular complexity index is 1320. The van der Waals surface area contributed by atoms with Crippen molar-refractivity contribution < 1.29 is 28.8 Å². The summed E-state index contributed by atoms with van der Waals surface area (Å²) in [5.41, 5.74) is 12.0. The van der Waals surface area contributed by atoms with Gasteiger partial charge in [-0.2, -0.15) is 12.6 Å². The van der Waals surface area contributed by atoms with E-state index in [1.54, 1.807) is 18.5 Å². The molecule has 0 saturated heterocycles. The van der Waals surface area contributed by atoms with Crippen LogP contribution in [0.2, 0.25) is 0 Å². The third-order valence-electron chi connectivity index (χ3n) is 6.86. The molecule has 0 bridgehead atoms. The SMILES string of the molecule is NC(=O)NCCCC(NC(=O)CN(Cc1ccccc1)C(=O)CNCc1cccnc1)C(=O)N[C@H](CCCNC(N)=O)C(=O)NCCS. The highest BCUT2D eigenvalue weighted by atomic mass is 32.1. The summed E-state index contributed by atoms with van der Waals surface area (Å²) < 4.78 is 0. The molecule has 0 fully saturated rings. The Kier molecular flexibility index (Phi) is 18.5. The summed E-state index contributed by atoms with van der Waals surface area (Å²) >= 11 is 4.10. The van der Waals surface area contributed by atoms with Gasteiger partial charge in [0.25, 0.3) is 0 Å². The molecule has 0 aliphatic heterocycles. The van der Waals surface area contributed by atoms with Gasteiger partial charge in [-0.3, -0.25) is 24.2 Å². The second-order valence-corrected chi connectivity index (χ2v) is 11.2. The number of benzene rings is 1. The third-order valence-corrected chi connectivity index (χ3v) is 7.09. The molecule has 16 nitrogen and oxygen atoms in total. The van der Waals surface area contributed by atoms with Crippen LogP contribution in [0.4, 0.5) is 9.59 Å². The van der Waals surface area contributed by atoms with Gasteiger partial charge >= 0.3 is 12.1 Å². The van der Waals surface area contributed by atoms with Crippen LogP contribution in [-0.2, 0) is 32.3 Å². The number of amides is 8. The van der Waals surface area contributed by atoms with E-state index in [0.717, 1.165) is 11.1 Å². The lowest BCUT2D eigenvalue weighted by molar-refractivity contribution is -0.137. The Hall–Kier alpha value is -4.90. The Morgan fingerprint density at radius 2 is 1.40 bits per heavy atom. The molecule has 0 saturated carbocycles. The highest BCUT2D eigenvalue weighted by Crippen LogP contribution is 2.07. The Labute approximate surface area is 285 Å². The van der Waals surface area contributed by atoms with E-state index in [1.807, 2.05) is 36.4 Å². The van der Waals surface area contributed by atoms with Gasteiger partial charge in [0.15, 0.2) is 0 Å². The molecule has 2 rings (SSSR count). The summed E-state index contributed by atoms with van der Waals surface area (Å²) in [6.45, 7) is 0.724. The smallest absolute Gasteiger partial charge is 0.312 e. The second-order valence-electron chi connectivity index (χ2n) is 10.8. The minimum atomic E-state index is -1.12. The van der Waals surface area contributed by atoms with Crippen molar-refractivity contribution in [3.8, 4) is 0 Å². The zero-order valence-electron chi connectivity index (χ0n) is 26.8. The first-order valence-corrected chi connectivity index (χ1v) is 16.2. The number of hydrogen-bond acceptors (Lipinski definition) is 9. The fraction of sp³-hybridized carbons (Fsp3) is 0.452. The molecule has 262 valence electrons. The maximum Gasteiger partial charge on any atom is 0.312 e. The normalized spacial score (nSPS) is 11.8. The van der Waals surface area contributed by atoms with Gasteiger partial charge in [0.2, 0.25) is 23.6 Å². The lowest BCUT2D eigenvalue weighted by Gasteiger charge is -2.26. The summed E-state index contributed by atoms with van der Waals surface area (Å²) in [6.07, 6.45) is 4.19. The number of rotatable bonds is 22. The number of nitrogens with zero attached hydrogens (tertiary/aromatic N) is 2. The number of pyridine rings is 1. The van der Waals surface area contributed by atoms with E-state index >= 15 is 0 Å². The molecular formula is C31H46N10O6S. The van der Waals surface area contributed by atoms with Crippen LogP contribution in [-0.4, -0.2) is 96.1 Å². The van der Waals surface area contributed by atoms with Crippen molar-refractivity contribution in [3.63, 3.8) is 0 Å². The largest absolute Gasteiger partial charge is 0.353 e. The van der Waals surface area contributed by atoms with Crippen LogP contribution in [0.1, 0.15) is 36.8 Å². The van der Waals surface area contributed by atoms with Crippen LogP contribution < -0.4 is 43.4 Å². The number of urea groups is 2. The van der Waals surface area contributed by atoms with Crippen LogP contribution in [0.15, 0.2) is 54.9 Å². The van der Waals surface area contributed by atoms with E-state index in [0.29, 0.717) is 18.7 Å². The molecule has 8 amide bonds. The number of hydrogen-bond donors (Lipinski definition) is 9. The number of aromatic nitrogens is 1. The van der Waals surface area contributed by atoms with E-state index in [2.05, 4.69) is 49.5 Å². The molecule has 0 spiro atoms. The third kappa shape index (κ3) is 16.6. The summed E-state index contributed by atoms with van der Waals surface area (Å²) in [4.78, 5) is 80.7. The standard InChI is InChI=1S/C31H46N10O6S/c32-30(46)37-13-5-10-24(28(44)36-15-16-48)40-29(45)25(11-6-14-38-31(33)47)39-26(42)21-41(20-22-7-2-1-3-8-22)27(43)19-35-18-23-9-4-12-34-17-23/h1-4,7-9,12,17,24-25,35,48H,5-6,10-11,13-16,18-21H2,(H,36,44)(H,39,42)(H,40,45)(H3,32,37,46)(H3,33,38,47)/t24-,25?/m1/s1. The molecular weight excluding hydrogens is 640 g/mol. The van der Waals surface area contributed by atoms with Crippen molar-refractivity contribution in [1.82, 2.24) is 41.8 Å². The predicted molar refractivity (Wildman–Crippen MR) is 182 cm³/mol. The molecule has 2 atom stereocenters. The van der Waals surface area contributed by atoms with Gasteiger partial charge in [-0.15, -0.1) is 0 Å². The Morgan fingerprint density at radius 3 is 1.98 bits per heavy atom. The zero-order chi connectivity index (χ0) is 35.1. The number of thiol groups is 1. The van der Waals surface area contributed by atoms with E-state index < -0.39 is 41.9 Å². The topological polar surface area (TPSA) is 243 Å². The molecule has 10 N–H and O–H groups in total. The quantitative estimate of drug-likeness (QED) is 0.0555. The van der Waals surface area contributed by atoms with Crippen LogP contribution in [0.3, 0.4) is 0 Å². The van der Waals surface area contributed by atoms with Crippen molar-refractivity contribution in [3.05, 3.63) is 66.0 Å². The molecule has 1 aromatic heterocycles. The second kappa shape index (κ2) is 22.6. The number of primary amides is 2. The summed E-state index contributed by atoms with van der Waals surface area (Å²) in [5.74, 6) is -1.67.